The van der Waals surface area contributed by atoms with E-state index in [1.54, 1.807) is 7.11 Å². The zero-order valence-corrected chi connectivity index (χ0v) is 11.1. The van der Waals surface area contributed by atoms with E-state index in [-0.39, 0.29) is 6.10 Å². The van der Waals surface area contributed by atoms with E-state index in [0.717, 1.165) is 24.2 Å². The quantitative estimate of drug-likeness (QED) is 0.893. The molecule has 1 fully saturated rings. The highest BCUT2D eigenvalue weighted by Gasteiger charge is 2.22. The minimum atomic E-state index is -0.229. The topological polar surface area (TPSA) is 29.5 Å². The summed E-state index contributed by atoms with van der Waals surface area (Å²) in [5, 5.41) is 10.6. The molecule has 2 nitrogen and oxygen atoms in total. The van der Waals surface area contributed by atoms with E-state index < -0.39 is 0 Å². The number of ether oxygens (including phenoxy) is 1. The van der Waals surface area contributed by atoms with Gasteiger partial charge in [0.2, 0.25) is 0 Å². The third-order valence-corrected chi connectivity index (χ3v) is 4.73. The molecule has 1 heterocycles. The van der Waals surface area contributed by atoms with Crippen LogP contribution in [0.1, 0.15) is 24.8 Å². The zero-order valence-electron chi connectivity index (χ0n) is 10.3. The van der Waals surface area contributed by atoms with Gasteiger partial charge < -0.3 is 9.84 Å². The first kappa shape index (κ1) is 12.8. The molecule has 1 N–H and O–H groups in total. The van der Waals surface area contributed by atoms with E-state index in [1.807, 2.05) is 30.0 Å². The summed E-state index contributed by atoms with van der Waals surface area (Å²) in [6.07, 6.45) is 4.21. The molecule has 2 unspecified atom stereocenters. The molecule has 0 spiro atoms. The van der Waals surface area contributed by atoms with Gasteiger partial charge in [0.25, 0.3) is 0 Å². The summed E-state index contributed by atoms with van der Waals surface area (Å²) in [7, 11) is 1.67. The van der Waals surface area contributed by atoms with Gasteiger partial charge in [-0.3, -0.25) is 0 Å². The van der Waals surface area contributed by atoms with Crippen LogP contribution in [-0.2, 0) is 6.42 Å². The third-order valence-electron chi connectivity index (χ3n) is 3.22. The summed E-state index contributed by atoms with van der Waals surface area (Å²) in [5.74, 6) is 2.06. The van der Waals surface area contributed by atoms with E-state index in [1.165, 1.54) is 18.6 Å². The van der Waals surface area contributed by atoms with Gasteiger partial charge in [-0.1, -0.05) is 18.6 Å². The number of hydrogen-bond donors (Lipinski definition) is 1. The predicted molar refractivity (Wildman–Crippen MR) is 72.8 cm³/mol. The molecule has 0 aliphatic carbocycles. The molecule has 0 amide bonds. The molecular formula is C14H20O2S. The number of aliphatic hydroxyl groups excluding tert-OH is 1. The van der Waals surface area contributed by atoms with Gasteiger partial charge in [-0.15, -0.1) is 0 Å². The summed E-state index contributed by atoms with van der Waals surface area (Å²) < 4.78 is 5.20. The Kier molecular flexibility index (Phi) is 4.75. The first-order valence-electron chi connectivity index (χ1n) is 6.22. The van der Waals surface area contributed by atoms with Gasteiger partial charge in [-0.05, 0) is 42.7 Å². The van der Waals surface area contributed by atoms with Crippen molar-refractivity contribution in [2.24, 2.45) is 0 Å². The molecule has 0 aromatic heterocycles. The lowest BCUT2D eigenvalue weighted by Crippen LogP contribution is -2.27. The predicted octanol–water partition coefficient (Wildman–Crippen LogP) is 2.88. The minimum absolute atomic E-state index is 0.229. The lowest BCUT2D eigenvalue weighted by atomic mass is 10.0. The van der Waals surface area contributed by atoms with Crippen molar-refractivity contribution >= 4 is 11.8 Å². The third kappa shape index (κ3) is 3.65. The standard InChI is InChI=1S/C14H20O2S/c1-16-12-6-4-5-11(9-12)10-13(15)14-7-2-3-8-17-14/h4-6,9,13-15H,2-3,7-8,10H2,1H3. The molecule has 1 aliphatic heterocycles. The van der Waals surface area contributed by atoms with E-state index >= 15 is 0 Å². The number of hydrogen-bond acceptors (Lipinski definition) is 3. The average molecular weight is 252 g/mol. The molecule has 1 aromatic carbocycles. The van der Waals surface area contributed by atoms with Crippen LogP contribution in [0.3, 0.4) is 0 Å². The van der Waals surface area contributed by atoms with Crippen LogP contribution in [0, 0.1) is 0 Å². The Balaban J connectivity index is 1.94. The second kappa shape index (κ2) is 6.31. The molecule has 0 bridgehead atoms. The molecule has 17 heavy (non-hydrogen) atoms. The number of benzene rings is 1. The Labute approximate surface area is 107 Å². The Morgan fingerprint density at radius 1 is 1.47 bits per heavy atom. The summed E-state index contributed by atoms with van der Waals surface area (Å²) >= 11 is 1.92. The molecule has 94 valence electrons. The van der Waals surface area contributed by atoms with Crippen LogP contribution < -0.4 is 4.74 Å². The van der Waals surface area contributed by atoms with Gasteiger partial charge in [0.15, 0.2) is 0 Å². The van der Waals surface area contributed by atoms with Crippen LogP contribution in [0.15, 0.2) is 24.3 Å². The van der Waals surface area contributed by atoms with Crippen molar-refractivity contribution in [2.75, 3.05) is 12.9 Å². The molecule has 3 heteroatoms. The highest BCUT2D eigenvalue weighted by Crippen LogP contribution is 2.29. The molecule has 2 atom stereocenters. The maximum absolute atomic E-state index is 10.2. The number of thioether (sulfide) groups is 1. The summed E-state index contributed by atoms with van der Waals surface area (Å²) in [5.41, 5.74) is 1.16. The van der Waals surface area contributed by atoms with Gasteiger partial charge in [0.1, 0.15) is 5.75 Å². The highest BCUT2D eigenvalue weighted by molar-refractivity contribution is 8.00. The fourth-order valence-electron chi connectivity index (χ4n) is 2.24. The highest BCUT2D eigenvalue weighted by atomic mass is 32.2. The molecule has 2 rings (SSSR count). The zero-order chi connectivity index (χ0) is 12.1. The van der Waals surface area contributed by atoms with Gasteiger partial charge in [-0.25, -0.2) is 0 Å². The maximum atomic E-state index is 10.2. The van der Waals surface area contributed by atoms with Crippen molar-refractivity contribution in [2.45, 2.75) is 37.0 Å². The van der Waals surface area contributed by atoms with Crippen molar-refractivity contribution in [3.05, 3.63) is 29.8 Å². The first-order valence-corrected chi connectivity index (χ1v) is 7.27. The maximum Gasteiger partial charge on any atom is 0.119 e. The SMILES string of the molecule is COc1cccc(CC(O)C2CCCCS2)c1. The lowest BCUT2D eigenvalue weighted by molar-refractivity contribution is 0.166. The largest absolute Gasteiger partial charge is 0.497 e. The molecule has 0 saturated carbocycles. The van der Waals surface area contributed by atoms with Crippen LogP contribution in [0.5, 0.6) is 5.75 Å². The van der Waals surface area contributed by atoms with Gasteiger partial charge in [-0.2, -0.15) is 11.8 Å². The molecule has 1 aliphatic rings. The lowest BCUT2D eigenvalue weighted by Gasteiger charge is -2.26. The van der Waals surface area contributed by atoms with Crippen molar-refractivity contribution in [3.63, 3.8) is 0 Å². The molecule has 1 saturated heterocycles. The van der Waals surface area contributed by atoms with Crippen molar-refractivity contribution in [1.82, 2.24) is 0 Å². The number of methoxy groups -OCH3 is 1. The fraction of sp³-hybridized carbons (Fsp3) is 0.571. The van der Waals surface area contributed by atoms with Crippen LogP contribution in [0.25, 0.3) is 0 Å². The minimum Gasteiger partial charge on any atom is -0.497 e. The Bertz CT molecular complexity index is 348. The average Bonchev–Trinajstić information content (AvgIpc) is 2.40. The molecule has 1 aromatic rings. The second-order valence-electron chi connectivity index (χ2n) is 4.53. The van der Waals surface area contributed by atoms with Crippen LogP contribution >= 0.6 is 11.8 Å². The Morgan fingerprint density at radius 2 is 2.35 bits per heavy atom. The van der Waals surface area contributed by atoms with E-state index in [0.29, 0.717) is 5.25 Å². The summed E-state index contributed by atoms with van der Waals surface area (Å²) in [6, 6.07) is 7.98. The monoisotopic (exact) mass is 252 g/mol. The van der Waals surface area contributed by atoms with E-state index in [9.17, 15) is 5.11 Å². The van der Waals surface area contributed by atoms with Crippen LogP contribution in [0.4, 0.5) is 0 Å². The van der Waals surface area contributed by atoms with E-state index in [2.05, 4.69) is 6.07 Å². The van der Waals surface area contributed by atoms with Gasteiger partial charge >= 0.3 is 0 Å². The van der Waals surface area contributed by atoms with Crippen molar-refractivity contribution < 1.29 is 9.84 Å². The first-order chi connectivity index (χ1) is 8.29. The molecular weight excluding hydrogens is 232 g/mol. The fourth-order valence-corrected chi connectivity index (χ4v) is 3.57. The van der Waals surface area contributed by atoms with Gasteiger partial charge in [0, 0.05) is 5.25 Å². The van der Waals surface area contributed by atoms with Crippen molar-refractivity contribution in [1.29, 1.82) is 0 Å². The number of aliphatic hydroxyl groups is 1. The van der Waals surface area contributed by atoms with Gasteiger partial charge in [0.05, 0.1) is 13.2 Å². The Hall–Kier alpha value is -0.670. The summed E-state index contributed by atoms with van der Waals surface area (Å²) in [4.78, 5) is 0. The summed E-state index contributed by atoms with van der Waals surface area (Å²) in [6.45, 7) is 0. The smallest absolute Gasteiger partial charge is 0.119 e. The van der Waals surface area contributed by atoms with Crippen molar-refractivity contribution in [3.8, 4) is 5.75 Å². The van der Waals surface area contributed by atoms with Crippen LogP contribution in [-0.4, -0.2) is 29.3 Å². The van der Waals surface area contributed by atoms with Crippen LogP contribution in [0.2, 0.25) is 0 Å². The normalized spacial score (nSPS) is 22.1. The number of rotatable bonds is 4. The molecule has 0 radical (unpaired) electrons. The van der Waals surface area contributed by atoms with E-state index in [4.69, 9.17) is 4.74 Å². The second-order valence-corrected chi connectivity index (χ2v) is 5.88. The Morgan fingerprint density at radius 3 is 3.06 bits per heavy atom.